The SMILES string of the molecule is CNC(c1ncc(C)cc1C)C1CCCCCC1. The summed E-state index contributed by atoms with van der Waals surface area (Å²) in [6.07, 6.45) is 10.3. The molecule has 2 heteroatoms. The first-order chi connectivity index (χ1) is 8.72. The molecule has 1 N–H and O–H groups in total. The van der Waals surface area contributed by atoms with Crippen LogP contribution in [0.5, 0.6) is 0 Å². The van der Waals surface area contributed by atoms with Crippen LogP contribution in [0.1, 0.15) is 61.4 Å². The lowest BCUT2D eigenvalue weighted by atomic mass is 9.88. The summed E-state index contributed by atoms with van der Waals surface area (Å²) >= 11 is 0. The van der Waals surface area contributed by atoms with Gasteiger partial charge >= 0.3 is 0 Å². The van der Waals surface area contributed by atoms with Crippen LogP contribution >= 0.6 is 0 Å². The molecule has 0 bridgehead atoms. The summed E-state index contributed by atoms with van der Waals surface area (Å²) in [6.45, 7) is 4.31. The Morgan fingerprint density at radius 1 is 1.17 bits per heavy atom. The van der Waals surface area contributed by atoms with Crippen LogP contribution in [0.15, 0.2) is 12.3 Å². The number of rotatable bonds is 3. The normalized spacial score (nSPS) is 19.5. The fourth-order valence-electron chi connectivity index (χ4n) is 3.29. The molecule has 100 valence electrons. The molecular formula is C16H26N2. The Morgan fingerprint density at radius 3 is 2.39 bits per heavy atom. The molecule has 1 atom stereocenters. The summed E-state index contributed by atoms with van der Waals surface area (Å²) in [5, 5.41) is 3.51. The molecular weight excluding hydrogens is 220 g/mol. The Bertz CT molecular complexity index is 379. The largest absolute Gasteiger partial charge is 0.311 e. The van der Waals surface area contributed by atoms with E-state index in [4.69, 9.17) is 4.98 Å². The average Bonchev–Trinajstić information content (AvgIpc) is 2.62. The number of hydrogen-bond acceptors (Lipinski definition) is 2. The van der Waals surface area contributed by atoms with Crippen molar-refractivity contribution in [2.24, 2.45) is 5.92 Å². The monoisotopic (exact) mass is 246 g/mol. The summed E-state index contributed by atoms with van der Waals surface area (Å²) in [5.41, 5.74) is 3.85. The minimum absolute atomic E-state index is 0.434. The molecule has 1 aliphatic rings. The molecule has 2 nitrogen and oxygen atoms in total. The molecule has 1 aromatic heterocycles. The standard InChI is InChI=1S/C16H26N2/c1-12-10-13(2)15(18-11-12)16(17-3)14-8-6-4-5-7-9-14/h10-11,14,16-17H,4-9H2,1-3H3. The van der Waals surface area contributed by atoms with Crippen LogP contribution in [0.25, 0.3) is 0 Å². The van der Waals surface area contributed by atoms with E-state index in [0.717, 1.165) is 5.92 Å². The van der Waals surface area contributed by atoms with Gasteiger partial charge in [0.15, 0.2) is 0 Å². The lowest BCUT2D eigenvalue weighted by Gasteiger charge is -2.26. The van der Waals surface area contributed by atoms with Crippen LogP contribution in [-0.4, -0.2) is 12.0 Å². The highest BCUT2D eigenvalue weighted by Gasteiger charge is 2.24. The maximum atomic E-state index is 4.69. The number of pyridine rings is 1. The zero-order chi connectivity index (χ0) is 13.0. The third-order valence-corrected chi connectivity index (χ3v) is 4.23. The third kappa shape index (κ3) is 3.11. The fraction of sp³-hybridized carbons (Fsp3) is 0.688. The van der Waals surface area contributed by atoms with Crippen molar-refractivity contribution in [2.45, 2.75) is 58.4 Å². The van der Waals surface area contributed by atoms with E-state index in [9.17, 15) is 0 Å². The van der Waals surface area contributed by atoms with Gasteiger partial charge in [0, 0.05) is 6.20 Å². The number of nitrogens with one attached hydrogen (secondary N) is 1. The van der Waals surface area contributed by atoms with Crippen LogP contribution in [-0.2, 0) is 0 Å². The van der Waals surface area contributed by atoms with Crippen LogP contribution in [0.3, 0.4) is 0 Å². The van der Waals surface area contributed by atoms with Crippen molar-refractivity contribution < 1.29 is 0 Å². The second kappa shape index (κ2) is 6.33. The predicted molar refractivity (Wildman–Crippen MR) is 76.7 cm³/mol. The molecule has 18 heavy (non-hydrogen) atoms. The summed E-state index contributed by atoms with van der Waals surface area (Å²) in [5.74, 6) is 0.756. The van der Waals surface area contributed by atoms with Gasteiger partial charge in [-0.25, -0.2) is 0 Å². The van der Waals surface area contributed by atoms with Crippen LogP contribution in [0.2, 0.25) is 0 Å². The quantitative estimate of drug-likeness (QED) is 0.817. The lowest BCUT2D eigenvalue weighted by molar-refractivity contribution is 0.335. The number of aryl methyl sites for hydroxylation is 2. The first kappa shape index (κ1) is 13.5. The van der Waals surface area contributed by atoms with Crippen LogP contribution in [0, 0.1) is 19.8 Å². The van der Waals surface area contributed by atoms with E-state index in [-0.39, 0.29) is 0 Å². The summed E-state index contributed by atoms with van der Waals surface area (Å²) in [7, 11) is 2.08. The van der Waals surface area contributed by atoms with Gasteiger partial charge in [0.2, 0.25) is 0 Å². The summed E-state index contributed by atoms with van der Waals surface area (Å²) in [6, 6.07) is 2.69. The Labute approximate surface area is 111 Å². The highest BCUT2D eigenvalue weighted by molar-refractivity contribution is 5.26. The predicted octanol–water partition coefficient (Wildman–Crippen LogP) is 3.93. The van der Waals surface area contributed by atoms with E-state index in [1.54, 1.807) is 0 Å². The second-order valence-corrected chi connectivity index (χ2v) is 5.73. The zero-order valence-corrected chi connectivity index (χ0v) is 12.0. The number of nitrogens with zero attached hydrogens (tertiary/aromatic N) is 1. The van der Waals surface area contributed by atoms with E-state index < -0.39 is 0 Å². The molecule has 0 saturated heterocycles. The highest BCUT2D eigenvalue weighted by atomic mass is 14.9. The van der Waals surface area contributed by atoms with Gasteiger partial charge in [-0.15, -0.1) is 0 Å². The minimum Gasteiger partial charge on any atom is -0.311 e. The molecule has 2 rings (SSSR count). The van der Waals surface area contributed by atoms with Crippen molar-refractivity contribution in [1.29, 1.82) is 0 Å². The Hall–Kier alpha value is -0.890. The second-order valence-electron chi connectivity index (χ2n) is 5.73. The van der Waals surface area contributed by atoms with Gasteiger partial charge < -0.3 is 5.32 Å². The van der Waals surface area contributed by atoms with Gasteiger partial charge in [-0.2, -0.15) is 0 Å². The molecule has 1 aliphatic carbocycles. The summed E-state index contributed by atoms with van der Waals surface area (Å²) in [4.78, 5) is 4.69. The van der Waals surface area contributed by atoms with Crippen LogP contribution in [0.4, 0.5) is 0 Å². The van der Waals surface area contributed by atoms with Crippen molar-refractivity contribution in [2.75, 3.05) is 7.05 Å². The third-order valence-electron chi connectivity index (χ3n) is 4.23. The van der Waals surface area contributed by atoms with Crippen molar-refractivity contribution in [1.82, 2.24) is 10.3 Å². The maximum absolute atomic E-state index is 4.69. The van der Waals surface area contributed by atoms with Gasteiger partial charge in [-0.1, -0.05) is 31.7 Å². The molecule has 1 saturated carbocycles. The van der Waals surface area contributed by atoms with E-state index in [0.29, 0.717) is 6.04 Å². The molecule has 1 fully saturated rings. The van der Waals surface area contributed by atoms with E-state index in [2.05, 4.69) is 32.3 Å². The van der Waals surface area contributed by atoms with Gasteiger partial charge in [-0.05, 0) is 50.8 Å². The molecule has 0 aromatic carbocycles. The maximum Gasteiger partial charge on any atom is 0.0605 e. The lowest BCUT2D eigenvalue weighted by Crippen LogP contribution is -2.26. The molecule has 1 unspecified atom stereocenters. The molecule has 0 radical (unpaired) electrons. The Morgan fingerprint density at radius 2 is 1.83 bits per heavy atom. The Kier molecular flexibility index (Phi) is 4.76. The smallest absolute Gasteiger partial charge is 0.0605 e. The van der Waals surface area contributed by atoms with Crippen molar-refractivity contribution >= 4 is 0 Å². The van der Waals surface area contributed by atoms with Gasteiger partial charge in [0.25, 0.3) is 0 Å². The molecule has 0 spiro atoms. The first-order valence-corrected chi connectivity index (χ1v) is 7.33. The fourth-order valence-corrected chi connectivity index (χ4v) is 3.29. The number of hydrogen-bond donors (Lipinski definition) is 1. The zero-order valence-electron chi connectivity index (χ0n) is 12.0. The summed E-state index contributed by atoms with van der Waals surface area (Å²) < 4.78 is 0. The van der Waals surface area contributed by atoms with Gasteiger partial charge in [-0.3, -0.25) is 4.98 Å². The highest BCUT2D eigenvalue weighted by Crippen LogP contribution is 2.33. The van der Waals surface area contributed by atoms with Crippen molar-refractivity contribution in [3.05, 3.63) is 29.1 Å². The van der Waals surface area contributed by atoms with E-state index >= 15 is 0 Å². The topological polar surface area (TPSA) is 24.9 Å². The van der Waals surface area contributed by atoms with Crippen molar-refractivity contribution in [3.8, 4) is 0 Å². The first-order valence-electron chi connectivity index (χ1n) is 7.33. The van der Waals surface area contributed by atoms with Crippen LogP contribution < -0.4 is 5.32 Å². The number of aromatic nitrogens is 1. The molecule has 1 heterocycles. The van der Waals surface area contributed by atoms with E-state index in [1.165, 1.54) is 55.3 Å². The Balaban J connectivity index is 2.20. The van der Waals surface area contributed by atoms with Crippen molar-refractivity contribution in [3.63, 3.8) is 0 Å². The minimum atomic E-state index is 0.434. The average molecular weight is 246 g/mol. The van der Waals surface area contributed by atoms with E-state index in [1.807, 2.05) is 6.20 Å². The molecule has 1 aromatic rings. The van der Waals surface area contributed by atoms with Gasteiger partial charge in [0.1, 0.15) is 0 Å². The molecule has 0 amide bonds. The molecule has 0 aliphatic heterocycles. The van der Waals surface area contributed by atoms with Gasteiger partial charge in [0.05, 0.1) is 11.7 Å².